The van der Waals surface area contributed by atoms with Gasteiger partial charge in [0.1, 0.15) is 0 Å². The lowest BCUT2D eigenvalue weighted by Crippen LogP contribution is -2.34. The molecule has 9 heteroatoms. The van der Waals surface area contributed by atoms with E-state index in [0.29, 0.717) is 4.96 Å². The highest BCUT2D eigenvalue weighted by Gasteiger charge is 2.23. The van der Waals surface area contributed by atoms with Crippen LogP contribution in [0.2, 0.25) is 0 Å². The molecule has 0 radical (unpaired) electrons. The van der Waals surface area contributed by atoms with Crippen LogP contribution in [0.1, 0.15) is 10.6 Å². The first-order valence-corrected chi connectivity index (χ1v) is 8.15. The van der Waals surface area contributed by atoms with E-state index in [2.05, 4.69) is 9.71 Å². The maximum absolute atomic E-state index is 12.3. The van der Waals surface area contributed by atoms with Gasteiger partial charge in [0, 0.05) is 24.7 Å². The molecule has 0 saturated carbocycles. The summed E-state index contributed by atoms with van der Waals surface area (Å²) in [7, 11) is -2.43. The van der Waals surface area contributed by atoms with E-state index in [1.807, 2.05) is 6.92 Å². The first-order valence-electron chi connectivity index (χ1n) is 5.85. The third-order valence-corrected chi connectivity index (χ3v) is 5.13. The van der Waals surface area contributed by atoms with Gasteiger partial charge in [0.2, 0.25) is 10.0 Å². The molecule has 2 aromatic heterocycles. The van der Waals surface area contributed by atoms with Crippen molar-refractivity contribution in [2.45, 2.75) is 18.7 Å². The van der Waals surface area contributed by atoms with Crippen molar-refractivity contribution in [3.63, 3.8) is 0 Å². The minimum absolute atomic E-state index is 0.100. The largest absolute Gasteiger partial charge is 0.383 e. The average molecular weight is 317 g/mol. The Bertz CT molecular complexity index is 792. The third kappa shape index (κ3) is 2.75. The molecule has 2 rings (SSSR count). The number of fused-ring (bicyclic) bond motifs is 1. The molecule has 0 atom stereocenters. The summed E-state index contributed by atoms with van der Waals surface area (Å²) in [6, 6.07) is 0. The number of methoxy groups -OCH3 is 1. The van der Waals surface area contributed by atoms with Crippen LogP contribution in [-0.4, -0.2) is 38.1 Å². The van der Waals surface area contributed by atoms with E-state index in [1.165, 1.54) is 29.8 Å². The van der Waals surface area contributed by atoms with E-state index < -0.39 is 15.6 Å². The summed E-state index contributed by atoms with van der Waals surface area (Å²) in [5, 5.41) is 0. The maximum atomic E-state index is 12.3. The van der Waals surface area contributed by atoms with E-state index in [9.17, 15) is 13.2 Å². The molecule has 0 aromatic carbocycles. The van der Waals surface area contributed by atoms with Crippen LogP contribution >= 0.6 is 11.3 Å². The summed E-state index contributed by atoms with van der Waals surface area (Å²) in [5.74, 6) is 0. The maximum Gasteiger partial charge on any atom is 0.279 e. The van der Waals surface area contributed by atoms with Gasteiger partial charge >= 0.3 is 0 Å². The zero-order valence-electron chi connectivity index (χ0n) is 11.3. The smallest absolute Gasteiger partial charge is 0.279 e. The molecule has 110 valence electrons. The van der Waals surface area contributed by atoms with E-state index in [4.69, 9.17) is 4.74 Å². The number of thiazole rings is 1. The fourth-order valence-electron chi connectivity index (χ4n) is 1.80. The quantitative estimate of drug-likeness (QED) is 0.801. The van der Waals surface area contributed by atoms with Crippen LogP contribution in [-0.2, 0) is 14.8 Å². The van der Waals surface area contributed by atoms with Gasteiger partial charge in [-0.25, -0.2) is 18.1 Å². The Morgan fingerprint density at radius 1 is 1.45 bits per heavy atom. The van der Waals surface area contributed by atoms with Crippen molar-refractivity contribution in [2.24, 2.45) is 0 Å². The second-order valence-corrected chi connectivity index (χ2v) is 7.13. The number of sulfonamides is 1. The number of aryl methyl sites for hydroxylation is 2. The Morgan fingerprint density at radius 3 is 2.80 bits per heavy atom. The van der Waals surface area contributed by atoms with Crippen LogP contribution in [0.3, 0.4) is 0 Å². The highest BCUT2D eigenvalue weighted by atomic mass is 32.2. The van der Waals surface area contributed by atoms with Gasteiger partial charge in [-0.15, -0.1) is 11.3 Å². The lowest BCUT2D eigenvalue weighted by molar-refractivity contribution is 0.204. The van der Waals surface area contributed by atoms with Gasteiger partial charge < -0.3 is 4.74 Å². The van der Waals surface area contributed by atoms with Crippen LogP contribution in [0.4, 0.5) is 0 Å². The summed E-state index contributed by atoms with van der Waals surface area (Å²) in [6.45, 7) is 3.68. The first kappa shape index (κ1) is 15.1. The van der Waals surface area contributed by atoms with Crippen molar-refractivity contribution in [1.29, 1.82) is 0 Å². The van der Waals surface area contributed by atoms with Gasteiger partial charge in [0.05, 0.1) is 12.3 Å². The number of nitrogens with one attached hydrogen (secondary N) is 1. The Morgan fingerprint density at radius 2 is 2.15 bits per heavy atom. The number of aromatic nitrogens is 2. The minimum Gasteiger partial charge on any atom is -0.383 e. The van der Waals surface area contributed by atoms with Crippen LogP contribution in [0.15, 0.2) is 15.9 Å². The lowest BCUT2D eigenvalue weighted by Gasteiger charge is -2.08. The molecular weight excluding hydrogens is 302 g/mol. The van der Waals surface area contributed by atoms with Crippen LogP contribution in [0, 0.1) is 13.8 Å². The molecule has 0 aliphatic heterocycles. The van der Waals surface area contributed by atoms with Crippen molar-refractivity contribution < 1.29 is 13.2 Å². The molecular formula is C11H15N3O4S2. The standard InChI is InChI=1S/C11H15N3O4S2/c1-7-6-14-10(15)9(8(2)13-11(14)19-7)20(16,17)12-4-5-18-3/h6,12H,4-5H2,1-3H3. The van der Waals surface area contributed by atoms with E-state index >= 15 is 0 Å². The summed E-state index contributed by atoms with van der Waals surface area (Å²) < 4.78 is 32.7. The number of hydrogen-bond acceptors (Lipinski definition) is 6. The molecule has 0 aliphatic rings. The zero-order valence-corrected chi connectivity index (χ0v) is 13.0. The molecule has 0 fully saturated rings. The molecule has 0 amide bonds. The second kappa shape index (κ2) is 5.60. The van der Waals surface area contributed by atoms with Gasteiger partial charge in [0.15, 0.2) is 9.86 Å². The molecule has 0 saturated heterocycles. The molecule has 20 heavy (non-hydrogen) atoms. The first-order chi connectivity index (χ1) is 9.36. The predicted molar refractivity (Wildman–Crippen MR) is 75.9 cm³/mol. The molecule has 0 aliphatic carbocycles. The molecule has 0 unspecified atom stereocenters. The van der Waals surface area contributed by atoms with Crippen LogP contribution < -0.4 is 10.3 Å². The fraction of sp³-hybridized carbons (Fsp3) is 0.455. The monoisotopic (exact) mass is 317 g/mol. The van der Waals surface area contributed by atoms with E-state index in [-0.39, 0.29) is 23.7 Å². The van der Waals surface area contributed by atoms with E-state index in [0.717, 1.165) is 4.88 Å². The van der Waals surface area contributed by atoms with Crippen molar-refractivity contribution >= 4 is 26.3 Å². The van der Waals surface area contributed by atoms with Gasteiger partial charge in [-0.1, -0.05) is 0 Å². The summed E-state index contributed by atoms with van der Waals surface area (Å²) in [4.78, 5) is 17.6. The highest BCUT2D eigenvalue weighted by molar-refractivity contribution is 7.89. The van der Waals surface area contributed by atoms with Crippen molar-refractivity contribution in [3.8, 4) is 0 Å². The van der Waals surface area contributed by atoms with Crippen molar-refractivity contribution in [1.82, 2.24) is 14.1 Å². The topological polar surface area (TPSA) is 89.8 Å². The summed E-state index contributed by atoms with van der Waals surface area (Å²) >= 11 is 1.34. The van der Waals surface area contributed by atoms with Gasteiger partial charge in [-0.3, -0.25) is 9.20 Å². The number of ether oxygens (including phenoxy) is 1. The van der Waals surface area contributed by atoms with E-state index in [1.54, 1.807) is 6.20 Å². The molecule has 1 N–H and O–H groups in total. The second-order valence-electron chi connectivity index (χ2n) is 4.22. The third-order valence-electron chi connectivity index (χ3n) is 2.64. The molecule has 7 nitrogen and oxygen atoms in total. The fourth-order valence-corrected chi connectivity index (χ4v) is 3.92. The van der Waals surface area contributed by atoms with Crippen molar-refractivity contribution in [2.75, 3.05) is 20.3 Å². The summed E-state index contributed by atoms with van der Waals surface area (Å²) in [6.07, 6.45) is 1.59. The molecule has 0 spiro atoms. The molecule has 2 heterocycles. The van der Waals surface area contributed by atoms with Gasteiger partial charge in [-0.05, 0) is 13.8 Å². The predicted octanol–water partition coefficient (Wildman–Crippen LogP) is 0.298. The number of hydrogen-bond donors (Lipinski definition) is 1. The Labute approximate surface area is 120 Å². The minimum atomic E-state index is -3.90. The van der Waals surface area contributed by atoms with Gasteiger partial charge in [0.25, 0.3) is 5.56 Å². The van der Waals surface area contributed by atoms with Crippen LogP contribution in [0.5, 0.6) is 0 Å². The Balaban J connectivity index is 2.56. The Hall–Kier alpha value is -1.29. The number of nitrogens with zero attached hydrogens (tertiary/aromatic N) is 2. The SMILES string of the molecule is COCCNS(=O)(=O)c1c(C)nc2sc(C)cn2c1=O. The van der Waals surface area contributed by atoms with Crippen molar-refractivity contribution in [3.05, 3.63) is 27.1 Å². The summed E-state index contributed by atoms with van der Waals surface area (Å²) in [5.41, 5.74) is -0.386. The van der Waals surface area contributed by atoms with Gasteiger partial charge in [-0.2, -0.15) is 0 Å². The molecule has 0 bridgehead atoms. The zero-order chi connectivity index (χ0) is 14.9. The normalized spacial score (nSPS) is 12.2. The average Bonchev–Trinajstić information content (AvgIpc) is 2.69. The lowest BCUT2D eigenvalue weighted by atomic mass is 10.4. The highest BCUT2D eigenvalue weighted by Crippen LogP contribution is 2.16. The Kier molecular flexibility index (Phi) is 4.23. The van der Waals surface area contributed by atoms with Crippen LogP contribution in [0.25, 0.3) is 4.96 Å². The number of rotatable bonds is 5. The molecule has 2 aromatic rings.